The fourth-order valence-electron chi connectivity index (χ4n) is 3.35. The topological polar surface area (TPSA) is 39.9 Å². The van der Waals surface area contributed by atoms with Gasteiger partial charge in [-0.05, 0) is 23.2 Å². The summed E-state index contributed by atoms with van der Waals surface area (Å²) in [5, 5.41) is 8.58. The summed E-state index contributed by atoms with van der Waals surface area (Å²) >= 11 is 0. The Bertz CT molecular complexity index is 1010. The van der Waals surface area contributed by atoms with E-state index >= 15 is 0 Å². The quantitative estimate of drug-likeness (QED) is 0.413. The minimum Gasteiger partial charge on any atom is -0.358 e. The molecule has 4 rings (SSSR count). The summed E-state index contributed by atoms with van der Waals surface area (Å²) in [7, 11) is -1.14. The molecule has 4 nitrogen and oxygen atoms in total. The third-order valence-electron chi connectivity index (χ3n) is 4.95. The van der Waals surface area contributed by atoms with E-state index in [9.17, 15) is 8.78 Å². The van der Waals surface area contributed by atoms with Crippen LogP contribution in [0.2, 0.25) is 25.7 Å². The highest BCUT2D eigenvalue weighted by molar-refractivity contribution is 6.76. The third kappa shape index (κ3) is 3.52. The molecular formula is C21H23F2N3OSi. The molecule has 0 bridgehead atoms. The van der Waals surface area contributed by atoms with E-state index in [1.165, 1.54) is 16.9 Å². The van der Waals surface area contributed by atoms with E-state index < -0.39 is 14.0 Å². The molecule has 1 aliphatic rings. The molecule has 28 heavy (non-hydrogen) atoms. The Labute approximate surface area is 164 Å². The van der Waals surface area contributed by atoms with Crippen molar-refractivity contribution in [2.24, 2.45) is 0 Å². The Morgan fingerprint density at radius 2 is 1.79 bits per heavy atom. The zero-order chi connectivity index (χ0) is 19.9. The van der Waals surface area contributed by atoms with Crippen molar-refractivity contribution >= 4 is 8.07 Å². The first-order valence-electron chi connectivity index (χ1n) is 9.36. The Morgan fingerprint density at radius 3 is 2.57 bits per heavy atom. The molecule has 0 N–H and O–H groups in total. The first-order chi connectivity index (χ1) is 13.3. The highest BCUT2D eigenvalue weighted by Gasteiger charge is 2.44. The summed E-state index contributed by atoms with van der Waals surface area (Å²) < 4.78 is 35.4. The van der Waals surface area contributed by atoms with E-state index in [4.69, 9.17) is 4.74 Å². The van der Waals surface area contributed by atoms with Gasteiger partial charge in [0.2, 0.25) is 0 Å². The van der Waals surface area contributed by atoms with Gasteiger partial charge in [0.15, 0.2) is 6.73 Å². The van der Waals surface area contributed by atoms with Gasteiger partial charge in [-0.3, -0.25) is 0 Å². The van der Waals surface area contributed by atoms with Crippen molar-refractivity contribution < 1.29 is 13.5 Å². The molecule has 0 atom stereocenters. The van der Waals surface area contributed by atoms with Gasteiger partial charge >= 0.3 is 0 Å². The first-order valence-corrected chi connectivity index (χ1v) is 13.1. The molecule has 0 saturated heterocycles. The van der Waals surface area contributed by atoms with Crippen LogP contribution in [0.5, 0.6) is 0 Å². The van der Waals surface area contributed by atoms with E-state index in [0.29, 0.717) is 29.0 Å². The normalized spacial score (nSPS) is 14.8. The lowest BCUT2D eigenvalue weighted by Gasteiger charge is -2.14. The molecule has 2 aromatic carbocycles. The van der Waals surface area contributed by atoms with E-state index in [-0.39, 0.29) is 17.9 Å². The summed E-state index contributed by atoms with van der Waals surface area (Å²) in [4.78, 5) is 1.46. The molecule has 0 aliphatic heterocycles. The van der Waals surface area contributed by atoms with Gasteiger partial charge in [0.05, 0.1) is 6.20 Å². The second kappa shape index (κ2) is 6.90. The number of rotatable bonds is 6. The van der Waals surface area contributed by atoms with Crippen LogP contribution >= 0.6 is 0 Å². The van der Waals surface area contributed by atoms with Gasteiger partial charge in [0, 0.05) is 31.4 Å². The molecule has 0 spiro atoms. The minimum atomic E-state index is -3.00. The summed E-state index contributed by atoms with van der Waals surface area (Å²) in [5.74, 6) is -3.00. The number of benzene rings is 2. The number of halogens is 2. The molecule has 0 unspecified atom stereocenters. The van der Waals surface area contributed by atoms with Gasteiger partial charge in [-0.2, -0.15) is 23.8 Å². The zero-order valence-electron chi connectivity index (χ0n) is 16.2. The van der Waals surface area contributed by atoms with Crippen molar-refractivity contribution in [2.75, 3.05) is 6.61 Å². The summed E-state index contributed by atoms with van der Waals surface area (Å²) in [6.45, 7) is 7.82. The van der Waals surface area contributed by atoms with Crippen molar-refractivity contribution in [2.45, 2.75) is 38.3 Å². The fraction of sp³-hybridized carbons (Fsp3) is 0.333. The fourth-order valence-corrected chi connectivity index (χ4v) is 4.11. The number of aromatic nitrogens is 3. The first kappa shape index (κ1) is 19.0. The van der Waals surface area contributed by atoms with Gasteiger partial charge < -0.3 is 4.74 Å². The highest BCUT2D eigenvalue weighted by Crippen LogP contribution is 2.51. The van der Waals surface area contributed by atoms with Crippen molar-refractivity contribution in [1.29, 1.82) is 0 Å². The van der Waals surface area contributed by atoms with Gasteiger partial charge in [-0.15, -0.1) is 0 Å². The molecule has 0 fully saturated rings. The lowest BCUT2D eigenvalue weighted by Crippen LogP contribution is -2.22. The van der Waals surface area contributed by atoms with Crippen LogP contribution in [0.15, 0.2) is 48.7 Å². The molecule has 7 heteroatoms. The number of hydrogen-bond acceptors (Lipinski definition) is 3. The molecular weight excluding hydrogens is 376 g/mol. The molecule has 0 saturated carbocycles. The van der Waals surface area contributed by atoms with Crippen LogP contribution in [0, 0.1) is 0 Å². The number of nitrogens with zero attached hydrogens (tertiary/aromatic N) is 3. The van der Waals surface area contributed by atoms with Crippen LogP contribution in [0.25, 0.3) is 22.4 Å². The van der Waals surface area contributed by atoms with Crippen LogP contribution in [0.4, 0.5) is 8.78 Å². The van der Waals surface area contributed by atoms with Crippen molar-refractivity contribution in [3.8, 4) is 22.4 Å². The molecule has 0 amide bonds. The minimum absolute atomic E-state index is 0.0205. The van der Waals surface area contributed by atoms with Gasteiger partial charge in [0.25, 0.3) is 5.92 Å². The Hall–Kier alpha value is -2.38. The maximum absolute atomic E-state index is 14.9. The largest absolute Gasteiger partial charge is 0.358 e. The molecule has 146 valence electrons. The monoisotopic (exact) mass is 399 g/mol. The van der Waals surface area contributed by atoms with Gasteiger partial charge in [0.1, 0.15) is 5.69 Å². The van der Waals surface area contributed by atoms with Crippen molar-refractivity contribution in [1.82, 2.24) is 15.0 Å². The second-order valence-electron chi connectivity index (χ2n) is 8.33. The van der Waals surface area contributed by atoms with E-state index in [1.54, 1.807) is 30.5 Å². The molecule has 3 aromatic rings. The second-order valence-corrected chi connectivity index (χ2v) is 14.0. The Kier molecular flexibility index (Phi) is 4.67. The molecule has 1 heterocycles. The smallest absolute Gasteiger partial charge is 0.299 e. The maximum atomic E-state index is 14.9. The van der Waals surface area contributed by atoms with Crippen LogP contribution in [-0.4, -0.2) is 29.7 Å². The standard InChI is InChI=1S/C21H23F2N3OSi/c1-28(2,3)11-10-27-14-26-24-13-20(25-26)15-8-9-17-16-6-4-5-7-18(16)21(22,23)19(17)12-15/h4-9,12-13H,10-11,14H2,1-3H3. The van der Waals surface area contributed by atoms with Crippen LogP contribution in [-0.2, 0) is 17.4 Å². The molecule has 1 aromatic heterocycles. The maximum Gasteiger partial charge on any atom is 0.299 e. The zero-order valence-corrected chi connectivity index (χ0v) is 17.2. The molecule has 1 aliphatic carbocycles. The molecule has 0 radical (unpaired) electrons. The number of alkyl halides is 2. The lowest BCUT2D eigenvalue weighted by molar-refractivity contribution is 0.0480. The Morgan fingerprint density at radius 1 is 1.04 bits per heavy atom. The SMILES string of the molecule is C[Si](C)(C)CCOCn1ncc(-c2ccc3c(c2)C(F)(F)c2ccccc2-3)n1. The Balaban J connectivity index is 1.53. The number of fused-ring (bicyclic) bond motifs is 3. The van der Waals surface area contributed by atoms with Crippen molar-refractivity contribution in [3.63, 3.8) is 0 Å². The van der Waals surface area contributed by atoms with Crippen molar-refractivity contribution in [3.05, 3.63) is 59.8 Å². The van der Waals surface area contributed by atoms with E-state index in [2.05, 4.69) is 29.8 Å². The summed E-state index contributed by atoms with van der Waals surface area (Å²) in [6.07, 6.45) is 1.59. The van der Waals surface area contributed by atoms with Gasteiger partial charge in [-0.1, -0.05) is 56.0 Å². The number of ether oxygens (including phenoxy) is 1. The predicted molar refractivity (Wildman–Crippen MR) is 108 cm³/mol. The van der Waals surface area contributed by atoms with Crippen LogP contribution < -0.4 is 0 Å². The predicted octanol–water partition coefficient (Wildman–Crippen LogP) is 5.38. The summed E-state index contributed by atoms with van der Waals surface area (Å²) in [5.41, 5.74) is 2.43. The lowest BCUT2D eigenvalue weighted by atomic mass is 10.0. The van der Waals surface area contributed by atoms with Crippen LogP contribution in [0.1, 0.15) is 11.1 Å². The summed E-state index contributed by atoms with van der Waals surface area (Å²) in [6, 6.07) is 12.8. The average Bonchev–Trinajstić information content (AvgIpc) is 3.20. The van der Waals surface area contributed by atoms with Gasteiger partial charge in [-0.25, -0.2) is 0 Å². The number of hydrogen-bond donors (Lipinski definition) is 0. The highest BCUT2D eigenvalue weighted by atomic mass is 28.3. The van der Waals surface area contributed by atoms with E-state index in [0.717, 1.165) is 6.04 Å². The average molecular weight is 400 g/mol. The van der Waals surface area contributed by atoms with Crippen LogP contribution in [0.3, 0.4) is 0 Å². The van der Waals surface area contributed by atoms with E-state index in [1.807, 2.05) is 6.07 Å². The third-order valence-corrected chi connectivity index (χ3v) is 6.65.